The van der Waals surface area contributed by atoms with Gasteiger partial charge in [-0.25, -0.2) is 8.42 Å². The average Bonchev–Trinajstić information content (AvgIpc) is 2.47. The number of primary amides is 1. The van der Waals surface area contributed by atoms with E-state index in [1.165, 1.54) is 31.2 Å². The molecule has 1 aliphatic rings. The maximum atomic E-state index is 12.6. The van der Waals surface area contributed by atoms with Crippen LogP contribution in [0.1, 0.15) is 17.3 Å². The molecule has 1 heterocycles. The Morgan fingerprint density at radius 2 is 1.90 bits per heavy atom. The van der Waals surface area contributed by atoms with E-state index in [9.17, 15) is 18.0 Å². The minimum atomic E-state index is -3.86. The van der Waals surface area contributed by atoms with Gasteiger partial charge in [-0.15, -0.1) is 0 Å². The predicted octanol–water partition coefficient (Wildman–Crippen LogP) is -0.236. The van der Waals surface area contributed by atoms with Gasteiger partial charge in [0.15, 0.2) is 5.78 Å². The van der Waals surface area contributed by atoms with Crippen molar-refractivity contribution in [2.45, 2.75) is 17.9 Å². The quantitative estimate of drug-likeness (QED) is 0.772. The smallest absolute Gasteiger partial charge is 0.243 e. The minimum Gasteiger partial charge on any atom is -0.378 e. The molecule has 7 nitrogen and oxygen atoms in total. The molecule has 1 aromatic carbocycles. The van der Waals surface area contributed by atoms with Gasteiger partial charge in [0, 0.05) is 12.1 Å². The number of morpholine rings is 1. The molecular formula is C13H16N2O5S. The van der Waals surface area contributed by atoms with Crippen molar-refractivity contribution >= 4 is 21.7 Å². The fourth-order valence-corrected chi connectivity index (χ4v) is 3.66. The van der Waals surface area contributed by atoms with Crippen LogP contribution in [0.5, 0.6) is 0 Å². The van der Waals surface area contributed by atoms with Crippen LogP contribution in [-0.2, 0) is 19.6 Å². The highest BCUT2D eigenvalue weighted by molar-refractivity contribution is 7.89. The highest BCUT2D eigenvalue weighted by Crippen LogP contribution is 2.21. The summed E-state index contributed by atoms with van der Waals surface area (Å²) in [6.07, 6.45) is 0. The van der Waals surface area contributed by atoms with Crippen LogP contribution in [0.25, 0.3) is 0 Å². The van der Waals surface area contributed by atoms with Crippen LogP contribution in [0, 0.1) is 0 Å². The Balaban J connectivity index is 2.35. The molecule has 0 spiro atoms. The second-order valence-electron chi connectivity index (χ2n) is 4.69. The number of rotatable bonds is 4. The number of hydrogen-bond acceptors (Lipinski definition) is 5. The van der Waals surface area contributed by atoms with Crippen molar-refractivity contribution in [2.75, 3.05) is 19.8 Å². The molecule has 0 aliphatic carbocycles. The lowest BCUT2D eigenvalue weighted by Crippen LogP contribution is -2.54. The summed E-state index contributed by atoms with van der Waals surface area (Å²) in [5.74, 6) is -0.904. The second kappa shape index (κ2) is 5.92. The molecule has 1 fully saturated rings. The minimum absolute atomic E-state index is 0.0145. The number of carbonyl (C=O) groups is 2. The fraction of sp³-hybridized carbons (Fsp3) is 0.385. The summed E-state index contributed by atoms with van der Waals surface area (Å²) in [6, 6.07) is 4.56. The molecule has 2 N–H and O–H groups in total. The highest BCUT2D eigenvalue weighted by atomic mass is 32.2. The van der Waals surface area contributed by atoms with Crippen LogP contribution in [0.3, 0.4) is 0 Å². The molecule has 114 valence electrons. The van der Waals surface area contributed by atoms with Crippen LogP contribution in [-0.4, -0.2) is 50.2 Å². The largest absolute Gasteiger partial charge is 0.378 e. The van der Waals surface area contributed by atoms with Crippen molar-refractivity contribution in [2.24, 2.45) is 5.73 Å². The lowest BCUT2D eigenvalue weighted by molar-refractivity contribution is -0.125. The number of carbonyl (C=O) groups excluding carboxylic acids is 2. The highest BCUT2D eigenvalue weighted by Gasteiger charge is 2.37. The summed E-state index contributed by atoms with van der Waals surface area (Å²) >= 11 is 0. The molecule has 1 unspecified atom stereocenters. The molecule has 0 bridgehead atoms. The first-order valence-corrected chi connectivity index (χ1v) is 7.78. The standard InChI is InChI=1S/C13H16N2O5S/c1-9(16)10-2-4-11(5-3-10)21(18,19)15-6-7-20-8-12(15)13(14)17/h2-5,12H,6-8H2,1H3,(H2,14,17). The Hall–Kier alpha value is -1.77. The molecule has 1 aromatic rings. The summed E-state index contributed by atoms with van der Waals surface area (Å²) in [5.41, 5.74) is 5.65. The van der Waals surface area contributed by atoms with Gasteiger partial charge in [-0.2, -0.15) is 4.31 Å². The molecule has 21 heavy (non-hydrogen) atoms. The molecular weight excluding hydrogens is 296 g/mol. The average molecular weight is 312 g/mol. The SMILES string of the molecule is CC(=O)c1ccc(S(=O)(=O)N2CCOCC2C(N)=O)cc1. The van der Waals surface area contributed by atoms with Gasteiger partial charge in [0.2, 0.25) is 15.9 Å². The number of nitrogens with two attached hydrogens (primary N) is 1. The second-order valence-corrected chi connectivity index (χ2v) is 6.58. The normalized spacial score (nSPS) is 20.1. The van der Waals surface area contributed by atoms with E-state index in [4.69, 9.17) is 10.5 Å². The van der Waals surface area contributed by atoms with Crippen LogP contribution < -0.4 is 5.73 Å². The summed E-state index contributed by atoms with van der Waals surface area (Å²) in [4.78, 5) is 22.6. The Labute approximate surface area is 122 Å². The first-order chi connectivity index (χ1) is 9.84. The summed E-state index contributed by atoms with van der Waals surface area (Å²) < 4.78 is 31.3. The van der Waals surface area contributed by atoms with Gasteiger partial charge in [0.05, 0.1) is 18.1 Å². The summed E-state index contributed by atoms with van der Waals surface area (Å²) in [5, 5.41) is 0. The first kappa shape index (κ1) is 15.6. The van der Waals surface area contributed by atoms with Gasteiger partial charge in [-0.05, 0) is 19.1 Å². The maximum absolute atomic E-state index is 12.6. The van der Waals surface area contributed by atoms with E-state index in [1.54, 1.807) is 0 Å². The fourth-order valence-electron chi connectivity index (χ4n) is 2.10. The number of ketones is 1. The Bertz CT molecular complexity index is 654. The van der Waals surface area contributed by atoms with E-state index >= 15 is 0 Å². The monoisotopic (exact) mass is 312 g/mol. The molecule has 0 saturated carbocycles. The molecule has 1 saturated heterocycles. The van der Waals surface area contributed by atoms with E-state index < -0.39 is 22.0 Å². The summed E-state index contributed by atoms with van der Waals surface area (Å²) in [7, 11) is -3.86. The van der Waals surface area contributed by atoms with Gasteiger partial charge < -0.3 is 10.5 Å². The molecule has 2 rings (SSSR count). The Morgan fingerprint density at radius 1 is 1.29 bits per heavy atom. The maximum Gasteiger partial charge on any atom is 0.243 e. The molecule has 1 atom stereocenters. The van der Waals surface area contributed by atoms with E-state index in [1.807, 2.05) is 0 Å². The van der Waals surface area contributed by atoms with Crippen LogP contribution in [0.2, 0.25) is 0 Å². The predicted molar refractivity (Wildman–Crippen MR) is 74.1 cm³/mol. The lowest BCUT2D eigenvalue weighted by atomic mass is 10.2. The third kappa shape index (κ3) is 3.12. The van der Waals surface area contributed by atoms with Gasteiger partial charge in [0.25, 0.3) is 0 Å². The number of hydrogen-bond donors (Lipinski definition) is 1. The van der Waals surface area contributed by atoms with Crippen LogP contribution in [0.4, 0.5) is 0 Å². The molecule has 0 radical (unpaired) electrons. The molecule has 1 amide bonds. The lowest BCUT2D eigenvalue weighted by Gasteiger charge is -2.32. The molecule has 1 aliphatic heterocycles. The number of amides is 1. The van der Waals surface area contributed by atoms with Crippen molar-refractivity contribution in [3.05, 3.63) is 29.8 Å². The van der Waals surface area contributed by atoms with Crippen molar-refractivity contribution in [3.63, 3.8) is 0 Å². The van der Waals surface area contributed by atoms with Crippen molar-refractivity contribution < 1.29 is 22.7 Å². The zero-order valence-electron chi connectivity index (χ0n) is 11.5. The van der Waals surface area contributed by atoms with E-state index in [0.717, 1.165) is 4.31 Å². The van der Waals surface area contributed by atoms with E-state index in [2.05, 4.69) is 0 Å². The van der Waals surface area contributed by atoms with Crippen molar-refractivity contribution in [1.29, 1.82) is 0 Å². The third-order valence-corrected chi connectivity index (χ3v) is 5.20. The number of sulfonamides is 1. The topological polar surface area (TPSA) is 107 Å². The first-order valence-electron chi connectivity index (χ1n) is 6.34. The molecule has 8 heteroatoms. The van der Waals surface area contributed by atoms with Gasteiger partial charge >= 0.3 is 0 Å². The third-order valence-electron chi connectivity index (χ3n) is 3.28. The molecule has 0 aromatic heterocycles. The van der Waals surface area contributed by atoms with E-state index in [0.29, 0.717) is 5.56 Å². The van der Waals surface area contributed by atoms with Gasteiger partial charge in [-0.1, -0.05) is 12.1 Å². The van der Waals surface area contributed by atoms with Gasteiger partial charge in [-0.3, -0.25) is 9.59 Å². The zero-order chi connectivity index (χ0) is 15.6. The Kier molecular flexibility index (Phi) is 4.40. The van der Waals surface area contributed by atoms with Crippen molar-refractivity contribution in [1.82, 2.24) is 4.31 Å². The van der Waals surface area contributed by atoms with E-state index in [-0.39, 0.29) is 30.4 Å². The summed E-state index contributed by atoms with van der Waals surface area (Å²) in [6.45, 7) is 1.60. The number of ether oxygens (including phenoxy) is 1. The number of Topliss-reactive ketones (excluding diaryl/α,β-unsaturated/α-hetero) is 1. The number of benzene rings is 1. The zero-order valence-corrected chi connectivity index (χ0v) is 12.3. The van der Waals surface area contributed by atoms with Gasteiger partial charge in [0.1, 0.15) is 6.04 Å². The van der Waals surface area contributed by atoms with Crippen molar-refractivity contribution in [3.8, 4) is 0 Å². The number of nitrogens with zero attached hydrogens (tertiary/aromatic N) is 1. The Morgan fingerprint density at radius 3 is 2.43 bits per heavy atom. The van der Waals surface area contributed by atoms with Crippen LogP contribution in [0.15, 0.2) is 29.2 Å². The van der Waals surface area contributed by atoms with Crippen LogP contribution >= 0.6 is 0 Å².